The number of hydrogen-bond donors (Lipinski definition) is 2. The molecular formula is C17H30IN3O3. The largest absolute Gasteiger partial charge is 0.493 e. The zero-order valence-corrected chi connectivity index (χ0v) is 17.4. The highest BCUT2D eigenvalue weighted by Crippen LogP contribution is 2.29. The Balaban J connectivity index is 0.00000529. The van der Waals surface area contributed by atoms with E-state index in [4.69, 9.17) is 14.2 Å². The highest BCUT2D eigenvalue weighted by Gasteiger charge is 2.06. The number of anilines is 1. The van der Waals surface area contributed by atoms with Gasteiger partial charge in [0.2, 0.25) is 0 Å². The van der Waals surface area contributed by atoms with Crippen LogP contribution < -0.4 is 20.1 Å². The predicted octanol–water partition coefficient (Wildman–Crippen LogP) is 3.52. The van der Waals surface area contributed by atoms with E-state index in [1.54, 1.807) is 21.3 Å². The molecule has 0 spiro atoms. The van der Waals surface area contributed by atoms with Gasteiger partial charge in [-0.2, -0.15) is 0 Å². The van der Waals surface area contributed by atoms with Crippen LogP contribution in [0.15, 0.2) is 23.2 Å². The van der Waals surface area contributed by atoms with Gasteiger partial charge in [0, 0.05) is 38.6 Å². The Morgan fingerprint density at radius 1 is 1.04 bits per heavy atom. The van der Waals surface area contributed by atoms with Crippen molar-refractivity contribution in [2.45, 2.75) is 26.2 Å². The average molecular weight is 451 g/mol. The third-order valence-corrected chi connectivity index (χ3v) is 3.27. The van der Waals surface area contributed by atoms with Crippen LogP contribution in [0.4, 0.5) is 5.69 Å². The third kappa shape index (κ3) is 8.58. The molecule has 0 aromatic heterocycles. The SMILES string of the molecule is CCNC(=NCCCCCOC)Nc1ccc(OC)c(OC)c1.I. The maximum atomic E-state index is 5.32. The highest BCUT2D eigenvalue weighted by atomic mass is 127. The van der Waals surface area contributed by atoms with Crippen molar-refractivity contribution in [3.63, 3.8) is 0 Å². The Hall–Kier alpha value is -1.22. The minimum absolute atomic E-state index is 0. The van der Waals surface area contributed by atoms with Gasteiger partial charge in [0.15, 0.2) is 17.5 Å². The lowest BCUT2D eigenvalue weighted by Crippen LogP contribution is -2.30. The minimum atomic E-state index is 0. The average Bonchev–Trinajstić information content (AvgIpc) is 2.57. The number of guanidine groups is 1. The van der Waals surface area contributed by atoms with Crippen molar-refractivity contribution in [1.82, 2.24) is 5.32 Å². The van der Waals surface area contributed by atoms with E-state index in [1.165, 1.54) is 0 Å². The van der Waals surface area contributed by atoms with Crippen molar-refractivity contribution in [2.24, 2.45) is 4.99 Å². The number of nitrogens with zero attached hydrogens (tertiary/aromatic N) is 1. The number of aliphatic imine (C=N–C) groups is 1. The Kier molecular flexibility index (Phi) is 13.4. The first-order valence-corrected chi connectivity index (χ1v) is 8.01. The fourth-order valence-corrected chi connectivity index (χ4v) is 2.08. The van der Waals surface area contributed by atoms with Gasteiger partial charge in [0.25, 0.3) is 0 Å². The van der Waals surface area contributed by atoms with Gasteiger partial charge in [-0.3, -0.25) is 4.99 Å². The molecule has 0 heterocycles. The molecule has 1 aromatic rings. The first-order chi connectivity index (χ1) is 11.2. The van der Waals surface area contributed by atoms with E-state index >= 15 is 0 Å². The third-order valence-electron chi connectivity index (χ3n) is 3.27. The van der Waals surface area contributed by atoms with Crippen LogP contribution in [0, 0.1) is 0 Å². The van der Waals surface area contributed by atoms with E-state index in [2.05, 4.69) is 15.6 Å². The molecule has 0 amide bonds. The van der Waals surface area contributed by atoms with Crippen LogP contribution >= 0.6 is 24.0 Å². The molecule has 7 heteroatoms. The van der Waals surface area contributed by atoms with Gasteiger partial charge in [0.1, 0.15) is 0 Å². The summed E-state index contributed by atoms with van der Waals surface area (Å²) in [6.07, 6.45) is 3.24. The Morgan fingerprint density at radius 3 is 2.42 bits per heavy atom. The van der Waals surface area contributed by atoms with Crippen molar-refractivity contribution in [1.29, 1.82) is 0 Å². The summed E-state index contributed by atoms with van der Waals surface area (Å²) in [6, 6.07) is 5.70. The molecule has 0 aliphatic carbocycles. The van der Waals surface area contributed by atoms with Crippen molar-refractivity contribution in [3.05, 3.63) is 18.2 Å². The monoisotopic (exact) mass is 451 g/mol. The summed E-state index contributed by atoms with van der Waals surface area (Å²) in [5.41, 5.74) is 0.904. The van der Waals surface area contributed by atoms with Crippen molar-refractivity contribution in [2.75, 3.05) is 46.3 Å². The molecule has 2 N–H and O–H groups in total. The summed E-state index contributed by atoms with van der Waals surface area (Å²) in [5, 5.41) is 6.53. The molecule has 6 nitrogen and oxygen atoms in total. The number of ether oxygens (including phenoxy) is 3. The molecular weight excluding hydrogens is 421 g/mol. The van der Waals surface area contributed by atoms with E-state index < -0.39 is 0 Å². The summed E-state index contributed by atoms with van der Waals surface area (Å²) in [5.74, 6) is 2.16. The number of nitrogens with one attached hydrogen (secondary N) is 2. The van der Waals surface area contributed by atoms with Gasteiger partial charge >= 0.3 is 0 Å². The van der Waals surface area contributed by atoms with Crippen LogP contribution in [-0.2, 0) is 4.74 Å². The van der Waals surface area contributed by atoms with E-state index in [0.717, 1.165) is 50.6 Å². The molecule has 24 heavy (non-hydrogen) atoms. The molecule has 1 rings (SSSR count). The lowest BCUT2D eigenvalue weighted by Gasteiger charge is -2.13. The molecule has 0 fully saturated rings. The van der Waals surface area contributed by atoms with Crippen molar-refractivity contribution < 1.29 is 14.2 Å². The maximum absolute atomic E-state index is 5.32. The summed E-state index contributed by atoms with van der Waals surface area (Å²) >= 11 is 0. The molecule has 0 saturated heterocycles. The Bertz CT molecular complexity index is 484. The second kappa shape index (κ2) is 14.2. The van der Waals surface area contributed by atoms with Crippen LogP contribution in [0.5, 0.6) is 11.5 Å². The summed E-state index contributed by atoms with van der Waals surface area (Å²) in [7, 11) is 4.98. The number of unbranched alkanes of at least 4 members (excludes halogenated alkanes) is 2. The van der Waals surface area contributed by atoms with E-state index in [1.807, 2.05) is 25.1 Å². The maximum Gasteiger partial charge on any atom is 0.195 e. The van der Waals surface area contributed by atoms with Gasteiger partial charge in [-0.15, -0.1) is 24.0 Å². The zero-order valence-electron chi connectivity index (χ0n) is 15.1. The molecule has 1 aromatic carbocycles. The normalized spacial score (nSPS) is 10.8. The fourth-order valence-electron chi connectivity index (χ4n) is 2.08. The van der Waals surface area contributed by atoms with Gasteiger partial charge in [-0.25, -0.2) is 0 Å². The van der Waals surface area contributed by atoms with E-state index in [-0.39, 0.29) is 24.0 Å². The van der Waals surface area contributed by atoms with Crippen LogP contribution in [-0.4, -0.2) is 47.0 Å². The lowest BCUT2D eigenvalue weighted by molar-refractivity contribution is 0.192. The zero-order chi connectivity index (χ0) is 16.9. The van der Waals surface area contributed by atoms with Gasteiger partial charge in [-0.05, 0) is 38.3 Å². The molecule has 0 unspecified atom stereocenters. The van der Waals surface area contributed by atoms with Crippen LogP contribution in [0.1, 0.15) is 26.2 Å². The second-order valence-electron chi connectivity index (χ2n) is 5.01. The van der Waals surface area contributed by atoms with E-state index in [0.29, 0.717) is 11.5 Å². The lowest BCUT2D eigenvalue weighted by atomic mass is 10.2. The fraction of sp³-hybridized carbons (Fsp3) is 0.588. The smallest absolute Gasteiger partial charge is 0.195 e. The van der Waals surface area contributed by atoms with E-state index in [9.17, 15) is 0 Å². The number of rotatable bonds is 10. The molecule has 0 saturated carbocycles. The van der Waals surface area contributed by atoms with Gasteiger partial charge in [-0.1, -0.05) is 0 Å². The number of methoxy groups -OCH3 is 3. The number of hydrogen-bond acceptors (Lipinski definition) is 4. The van der Waals surface area contributed by atoms with Gasteiger partial charge < -0.3 is 24.8 Å². The summed E-state index contributed by atoms with van der Waals surface area (Å²) in [6.45, 7) is 4.45. The molecule has 138 valence electrons. The Morgan fingerprint density at radius 2 is 1.79 bits per heavy atom. The summed E-state index contributed by atoms with van der Waals surface area (Å²) in [4.78, 5) is 4.59. The second-order valence-corrected chi connectivity index (χ2v) is 5.01. The van der Waals surface area contributed by atoms with Crippen LogP contribution in [0.2, 0.25) is 0 Å². The standard InChI is InChI=1S/C17H29N3O3.HI/c1-5-18-17(19-11-7-6-8-12-21-2)20-14-9-10-15(22-3)16(13-14)23-4;/h9-10,13H,5-8,11-12H2,1-4H3,(H2,18,19,20);1H. The Labute approximate surface area is 162 Å². The number of benzene rings is 1. The van der Waals surface area contributed by atoms with Crippen LogP contribution in [0.25, 0.3) is 0 Å². The highest BCUT2D eigenvalue weighted by molar-refractivity contribution is 14.0. The quantitative estimate of drug-likeness (QED) is 0.247. The first-order valence-electron chi connectivity index (χ1n) is 8.01. The van der Waals surface area contributed by atoms with Crippen LogP contribution in [0.3, 0.4) is 0 Å². The molecule has 0 aliphatic heterocycles. The van der Waals surface area contributed by atoms with Crippen molar-refractivity contribution in [3.8, 4) is 11.5 Å². The predicted molar refractivity (Wildman–Crippen MR) is 110 cm³/mol. The summed E-state index contributed by atoms with van der Waals surface area (Å²) < 4.78 is 15.6. The minimum Gasteiger partial charge on any atom is -0.493 e. The molecule has 0 atom stereocenters. The first kappa shape index (κ1) is 22.8. The van der Waals surface area contributed by atoms with Crippen molar-refractivity contribution >= 4 is 35.6 Å². The molecule has 0 radical (unpaired) electrons. The molecule has 0 bridgehead atoms. The molecule has 0 aliphatic rings. The number of halogens is 1. The van der Waals surface area contributed by atoms with Gasteiger partial charge in [0.05, 0.1) is 14.2 Å². The topological polar surface area (TPSA) is 64.1 Å².